The van der Waals surface area contributed by atoms with Crippen molar-refractivity contribution >= 4 is 5.97 Å². The SMILES string of the molecule is CCCCCCC(O)C[N+](CCO)(CC(O)CCCCCC)C(CC)C(=O)O. The molecule has 0 aromatic rings. The Hall–Kier alpha value is -0.690. The second kappa shape index (κ2) is 16.1. The molecular weight excluding hydrogens is 358 g/mol. The van der Waals surface area contributed by atoms with Crippen molar-refractivity contribution in [2.75, 3.05) is 26.2 Å². The zero-order chi connectivity index (χ0) is 21.4. The van der Waals surface area contributed by atoms with Gasteiger partial charge in [-0.2, -0.15) is 0 Å². The predicted molar refractivity (Wildman–Crippen MR) is 113 cm³/mol. The molecule has 4 N–H and O–H groups in total. The van der Waals surface area contributed by atoms with Gasteiger partial charge in [-0.1, -0.05) is 72.1 Å². The third kappa shape index (κ3) is 10.7. The van der Waals surface area contributed by atoms with E-state index in [-0.39, 0.29) is 30.7 Å². The summed E-state index contributed by atoms with van der Waals surface area (Å²) in [6.45, 7) is 6.72. The fourth-order valence-corrected chi connectivity index (χ4v) is 4.30. The number of hydrogen-bond acceptors (Lipinski definition) is 4. The van der Waals surface area contributed by atoms with Gasteiger partial charge in [0.15, 0.2) is 6.04 Å². The van der Waals surface area contributed by atoms with E-state index in [0.29, 0.717) is 19.3 Å². The molecule has 0 aromatic carbocycles. The molecule has 168 valence electrons. The summed E-state index contributed by atoms with van der Waals surface area (Å²) in [6, 6.07) is -0.734. The molecule has 0 aliphatic rings. The molecule has 0 heterocycles. The van der Waals surface area contributed by atoms with E-state index >= 15 is 0 Å². The van der Waals surface area contributed by atoms with Crippen LogP contribution in [-0.4, -0.2) is 75.4 Å². The van der Waals surface area contributed by atoms with Crippen LogP contribution in [0.4, 0.5) is 0 Å². The van der Waals surface area contributed by atoms with E-state index in [1.165, 1.54) is 0 Å². The highest BCUT2D eigenvalue weighted by Crippen LogP contribution is 2.23. The van der Waals surface area contributed by atoms with Gasteiger partial charge in [-0.3, -0.25) is 0 Å². The number of carboxylic acids is 1. The first-order valence-corrected chi connectivity index (χ1v) is 11.4. The maximum absolute atomic E-state index is 12.0. The van der Waals surface area contributed by atoms with Crippen molar-refractivity contribution in [3.8, 4) is 0 Å². The first-order valence-electron chi connectivity index (χ1n) is 11.4. The number of aliphatic carboxylic acids is 1. The van der Waals surface area contributed by atoms with E-state index in [2.05, 4.69) is 13.8 Å². The number of rotatable bonds is 19. The maximum Gasteiger partial charge on any atom is 0.362 e. The van der Waals surface area contributed by atoms with Crippen molar-refractivity contribution in [2.45, 2.75) is 110 Å². The Labute approximate surface area is 172 Å². The van der Waals surface area contributed by atoms with Crippen LogP contribution < -0.4 is 0 Å². The average molecular weight is 405 g/mol. The van der Waals surface area contributed by atoms with E-state index < -0.39 is 24.2 Å². The van der Waals surface area contributed by atoms with Gasteiger partial charge in [-0.25, -0.2) is 4.79 Å². The molecule has 0 rings (SSSR count). The van der Waals surface area contributed by atoms with Crippen LogP contribution in [0.5, 0.6) is 0 Å². The highest BCUT2D eigenvalue weighted by Gasteiger charge is 2.43. The molecule has 0 saturated heterocycles. The number of hydrogen-bond donors (Lipinski definition) is 4. The highest BCUT2D eigenvalue weighted by atomic mass is 16.4. The van der Waals surface area contributed by atoms with Crippen LogP contribution in [0.25, 0.3) is 0 Å². The third-order valence-electron chi connectivity index (χ3n) is 5.81. The van der Waals surface area contributed by atoms with Gasteiger partial charge >= 0.3 is 5.97 Å². The lowest BCUT2D eigenvalue weighted by Crippen LogP contribution is -2.64. The number of nitrogens with zero attached hydrogens (tertiary/aromatic N) is 1. The molecule has 0 bridgehead atoms. The Morgan fingerprint density at radius 1 is 0.821 bits per heavy atom. The summed E-state index contributed by atoms with van der Waals surface area (Å²) in [5.74, 6) is -0.924. The monoisotopic (exact) mass is 404 g/mol. The van der Waals surface area contributed by atoms with Gasteiger partial charge in [-0.15, -0.1) is 0 Å². The summed E-state index contributed by atoms with van der Waals surface area (Å²) in [5.41, 5.74) is 0. The molecular formula is C22H46NO5+. The topological polar surface area (TPSA) is 98.0 Å². The summed E-state index contributed by atoms with van der Waals surface area (Å²) < 4.78 is 0.0478. The van der Waals surface area contributed by atoms with Crippen LogP contribution in [0, 0.1) is 0 Å². The van der Waals surface area contributed by atoms with Crippen molar-refractivity contribution in [1.82, 2.24) is 0 Å². The summed E-state index contributed by atoms with van der Waals surface area (Å²) in [5, 5.41) is 40.7. The average Bonchev–Trinajstić information content (AvgIpc) is 2.62. The molecule has 0 aliphatic heterocycles. The Kier molecular flexibility index (Phi) is 15.7. The van der Waals surface area contributed by atoms with Crippen LogP contribution in [0.1, 0.15) is 91.4 Å². The molecule has 0 amide bonds. The molecule has 0 spiro atoms. The minimum atomic E-state index is -0.924. The number of quaternary nitrogens is 1. The van der Waals surface area contributed by atoms with Crippen LogP contribution in [0.3, 0.4) is 0 Å². The second-order valence-corrected chi connectivity index (χ2v) is 8.30. The lowest BCUT2D eigenvalue weighted by Gasteiger charge is -2.44. The standard InChI is InChI=1S/C22H45NO5/c1-4-7-9-11-13-19(25)17-23(15-16-24,21(6-3)22(27)28)18-20(26)14-12-10-8-5-2/h19-21,24-26H,4-18H2,1-3H3/p+1. The van der Waals surface area contributed by atoms with Crippen LogP contribution in [0.2, 0.25) is 0 Å². The second-order valence-electron chi connectivity index (χ2n) is 8.30. The third-order valence-corrected chi connectivity index (χ3v) is 5.81. The fraction of sp³-hybridized carbons (Fsp3) is 0.955. The quantitative estimate of drug-likeness (QED) is 0.196. The first kappa shape index (κ1) is 27.3. The predicted octanol–water partition coefficient (Wildman–Crippen LogP) is 3.32. The Balaban J connectivity index is 5.20. The molecule has 3 atom stereocenters. The number of carboxylic acid groups (broad SMARTS) is 1. The van der Waals surface area contributed by atoms with Crippen molar-refractivity contribution < 1.29 is 29.7 Å². The molecule has 0 aliphatic carbocycles. The summed E-state index contributed by atoms with van der Waals surface area (Å²) in [4.78, 5) is 12.0. The lowest BCUT2D eigenvalue weighted by molar-refractivity contribution is -0.949. The smallest absolute Gasteiger partial charge is 0.362 e. The fourth-order valence-electron chi connectivity index (χ4n) is 4.30. The van der Waals surface area contributed by atoms with Gasteiger partial charge in [0.2, 0.25) is 0 Å². The number of aliphatic hydroxyl groups is 3. The van der Waals surface area contributed by atoms with Gasteiger partial charge in [0.05, 0.1) is 6.61 Å². The van der Waals surface area contributed by atoms with Gasteiger partial charge < -0.3 is 24.9 Å². The molecule has 6 nitrogen and oxygen atoms in total. The minimum absolute atomic E-state index is 0.0478. The first-order chi connectivity index (χ1) is 13.4. The zero-order valence-electron chi connectivity index (χ0n) is 18.5. The number of unbranched alkanes of at least 4 members (excludes halogenated alkanes) is 6. The molecule has 0 fully saturated rings. The van der Waals surface area contributed by atoms with Crippen LogP contribution >= 0.6 is 0 Å². The minimum Gasteiger partial charge on any atom is -0.477 e. The Morgan fingerprint density at radius 2 is 1.29 bits per heavy atom. The Bertz CT molecular complexity index is 371. The van der Waals surface area contributed by atoms with Crippen LogP contribution in [0.15, 0.2) is 0 Å². The van der Waals surface area contributed by atoms with Crippen molar-refractivity contribution in [2.24, 2.45) is 0 Å². The van der Waals surface area contributed by atoms with Gasteiger partial charge in [0.1, 0.15) is 31.8 Å². The van der Waals surface area contributed by atoms with E-state index in [1.54, 1.807) is 0 Å². The molecule has 3 unspecified atom stereocenters. The zero-order valence-corrected chi connectivity index (χ0v) is 18.5. The molecule has 0 saturated carbocycles. The van der Waals surface area contributed by atoms with Gasteiger partial charge in [0, 0.05) is 6.42 Å². The van der Waals surface area contributed by atoms with Crippen molar-refractivity contribution in [3.05, 3.63) is 0 Å². The van der Waals surface area contributed by atoms with E-state index in [1.807, 2.05) is 6.92 Å². The van der Waals surface area contributed by atoms with Crippen molar-refractivity contribution in [3.63, 3.8) is 0 Å². The lowest BCUT2D eigenvalue weighted by atomic mass is 10.0. The molecule has 6 heteroatoms. The number of aliphatic hydroxyl groups excluding tert-OH is 3. The molecule has 28 heavy (non-hydrogen) atoms. The van der Waals surface area contributed by atoms with Crippen molar-refractivity contribution in [1.29, 1.82) is 0 Å². The summed E-state index contributed by atoms with van der Waals surface area (Å²) >= 11 is 0. The largest absolute Gasteiger partial charge is 0.477 e. The molecule has 0 aromatic heterocycles. The van der Waals surface area contributed by atoms with Crippen LogP contribution in [-0.2, 0) is 4.79 Å². The van der Waals surface area contributed by atoms with E-state index in [0.717, 1.165) is 51.4 Å². The maximum atomic E-state index is 12.0. The Morgan fingerprint density at radius 3 is 1.61 bits per heavy atom. The van der Waals surface area contributed by atoms with Gasteiger partial charge in [0.25, 0.3) is 0 Å². The molecule has 0 radical (unpaired) electrons. The summed E-state index contributed by atoms with van der Waals surface area (Å²) in [7, 11) is 0. The normalized spacial score (nSPS) is 17.1. The van der Waals surface area contributed by atoms with E-state index in [9.17, 15) is 25.2 Å². The summed E-state index contributed by atoms with van der Waals surface area (Å²) in [6.07, 6.45) is 8.89. The number of carbonyl (C=O) groups is 1. The van der Waals surface area contributed by atoms with E-state index in [4.69, 9.17) is 0 Å². The van der Waals surface area contributed by atoms with Gasteiger partial charge in [-0.05, 0) is 12.8 Å². The highest BCUT2D eigenvalue weighted by molar-refractivity contribution is 5.72.